The first-order chi connectivity index (χ1) is 13.8. The molecule has 1 aromatic heterocycles. The van der Waals surface area contributed by atoms with Gasteiger partial charge in [-0.3, -0.25) is 14.7 Å². The van der Waals surface area contributed by atoms with Crippen molar-refractivity contribution in [2.45, 2.75) is 19.3 Å². The molecule has 1 fully saturated rings. The standard InChI is InChI=1S/C22H27N3O3.ClH/c26-22(17-18-5-6-20-21(16-18)28-15-3-14-27-20)25-12-10-24(11-13-25)9-7-19-4-1-2-8-23-19;/h1-2,4-6,8,16H,3,7,9-15,17H2;1H. The third kappa shape index (κ3) is 5.84. The van der Waals surface area contributed by atoms with Crippen LogP contribution in [0.4, 0.5) is 0 Å². The molecule has 29 heavy (non-hydrogen) atoms. The van der Waals surface area contributed by atoms with Gasteiger partial charge in [0, 0.05) is 57.5 Å². The second-order valence-electron chi connectivity index (χ2n) is 7.30. The molecule has 1 amide bonds. The molecule has 4 rings (SSSR count). The number of fused-ring (bicyclic) bond motifs is 1. The topological polar surface area (TPSA) is 54.9 Å². The molecule has 2 aromatic rings. The van der Waals surface area contributed by atoms with Crippen LogP contribution in [0.2, 0.25) is 0 Å². The Morgan fingerprint density at radius 1 is 1.00 bits per heavy atom. The van der Waals surface area contributed by atoms with E-state index in [0.717, 1.165) is 68.3 Å². The zero-order chi connectivity index (χ0) is 19.2. The van der Waals surface area contributed by atoms with E-state index in [4.69, 9.17) is 9.47 Å². The van der Waals surface area contributed by atoms with E-state index in [1.54, 1.807) is 0 Å². The monoisotopic (exact) mass is 417 g/mol. The van der Waals surface area contributed by atoms with Crippen molar-refractivity contribution in [3.8, 4) is 11.5 Å². The summed E-state index contributed by atoms with van der Waals surface area (Å²) >= 11 is 0. The highest BCUT2D eigenvalue weighted by atomic mass is 35.5. The Kier molecular flexibility index (Phi) is 7.72. The predicted molar refractivity (Wildman–Crippen MR) is 114 cm³/mol. The first-order valence-corrected chi connectivity index (χ1v) is 10.1. The number of rotatable bonds is 5. The van der Waals surface area contributed by atoms with Gasteiger partial charge in [-0.15, -0.1) is 12.4 Å². The molecule has 0 radical (unpaired) electrons. The summed E-state index contributed by atoms with van der Waals surface area (Å²) in [4.78, 5) is 21.5. The number of hydrogen-bond donors (Lipinski definition) is 0. The molecule has 0 bridgehead atoms. The van der Waals surface area contributed by atoms with Crippen molar-refractivity contribution in [1.29, 1.82) is 0 Å². The van der Waals surface area contributed by atoms with Crippen LogP contribution >= 0.6 is 12.4 Å². The van der Waals surface area contributed by atoms with Crippen molar-refractivity contribution in [1.82, 2.24) is 14.8 Å². The molecule has 6 nitrogen and oxygen atoms in total. The number of aromatic nitrogens is 1. The number of benzene rings is 1. The SMILES string of the molecule is Cl.O=C(Cc1ccc2c(c1)OCCCO2)N1CCN(CCc2ccccn2)CC1. The van der Waals surface area contributed by atoms with Gasteiger partial charge in [0.2, 0.25) is 5.91 Å². The van der Waals surface area contributed by atoms with Crippen molar-refractivity contribution >= 4 is 18.3 Å². The number of hydrogen-bond acceptors (Lipinski definition) is 5. The fraction of sp³-hybridized carbons (Fsp3) is 0.455. The molecule has 0 saturated carbocycles. The van der Waals surface area contributed by atoms with Crippen LogP contribution in [0.3, 0.4) is 0 Å². The zero-order valence-electron chi connectivity index (χ0n) is 16.6. The summed E-state index contributed by atoms with van der Waals surface area (Å²) < 4.78 is 11.4. The van der Waals surface area contributed by atoms with E-state index in [0.29, 0.717) is 19.6 Å². The molecule has 2 aliphatic rings. The number of carbonyl (C=O) groups excluding carboxylic acids is 1. The molecular formula is C22H28ClN3O3. The Morgan fingerprint density at radius 2 is 1.79 bits per heavy atom. The number of ether oxygens (including phenoxy) is 2. The number of piperazine rings is 1. The average molecular weight is 418 g/mol. The fourth-order valence-corrected chi connectivity index (χ4v) is 3.64. The van der Waals surface area contributed by atoms with E-state index in [2.05, 4.69) is 16.0 Å². The molecule has 1 aromatic carbocycles. The van der Waals surface area contributed by atoms with Gasteiger partial charge in [0.25, 0.3) is 0 Å². The average Bonchev–Trinajstić information content (AvgIpc) is 2.98. The highest BCUT2D eigenvalue weighted by Gasteiger charge is 2.21. The lowest BCUT2D eigenvalue weighted by atomic mass is 10.1. The Labute approximate surface area is 178 Å². The molecule has 2 aliphatic heterocycles. The highest BCUT2D eigenvalue weighted by Crippen LogP contribution is 2.30. The zero-order valence-corrected chi connectivity index (χ0v) is 17.4. The minimum Gasteiger partial charge on any atom is -0.490 e. The smallest absolute Gasteiger partial charge is 0.227 e. The van der Waals surface area contributed by atoms with E-state index in [-0.39, 0.29) is 18.3 Å². The lowest BCUT2D eigenvalue weighted by molar-refractivity contribution is -0.132. The summed E-state index contributed by atoms with van der Waals surface area (Å²) in [7, 11) is 0. The van der Waals surface area contributed by atoms with Gasteiger partial charge in [-0.05, 0) is 29.8 Å². The van der Waals surface area contributed by atoms with Crippen molar-refractivity contribution in [3.63, 3.8) is 0 Å². The van der Waals surface area contributed by atoms with E-state index in [1.165, 1.54) is 0 Å². The summed E-state index contributed by atoms with van der Waals surface area (Å²) in [6, 6.07) is 11.9. The number of carbonyl (C=O) groups is 1. The lowest BCUT2D eigenvalue weighted by Gasteiger charge is -2.34. The maximum atomic E-state index is 12.7. The van der Waals surface area contributed by atoms with Crippen molar-refractivity contribution in [2.24, 2.45) is 0 Å². The minimum absolute atomic E-state index is 0. The fourth-order valence-electron chi connectivity index (χ4n) is 3.64. The molecule has 0 unspecified atom stereocenters. The summed E-state index contributed by atoms with van der Waals surface area (Å²) in [6.07, 6.45) is 4.08. The van der Waals surface area contributed by atoms with E-state index >= 15 is 0 Å². The lowest BCUT2D eigenvalue weighted by Crippen LogP contribution is -2.49. The number of halogens is 1. The van der Waals surface area contributed by atoms with Gasteiger partial charge < -0.3 is 14.4 Å². The van der Waals surface area contributed by atoms with Crippen LogP contribution in [-0.2, 0) is 17.6 Å². The van der Waals surface area contributed by atoms with Crippen LogP contribution < -0.4 is 9.47 Å². The van der Waals surface area contributed by atoms with Crippen molar-refractivity contribution < 1.29 is 14.3 Å². The Morgan fingerprint density at radius 3 is 2.55 bits per heavy atom. The van der Waals surface area contributed by atoms with Gasteiger partial charge in [-0.25, -0.2) is 0 Å². The summed E-state index contributed by atoms with van der Waals surface area (Å²) in [5.74, 6) is 1.70. The number of pyridine rings is 1. The van der Waals surface area contributed by atoms with Gasteiger partial charge in [-0.1, -0.05) is 12.1 Å². The third-order valence-electron chi connectivity index (χ3n) is 5.30. The number of nitrogens with zero attached hydrogens (tertiary/aromatic N) is 3. The first kappa shape index (κ1) is 21.4. The van der Waals surface area contributed by atoms with Gasteiger partial charge in [0.15, 0.2) is 11.5 Å². The van der Waals surface area contributed by atoms with Crippen LogP contribution in [-0.4, -0.2) is 66.6 Å². The van der Waals surface area contributed by atoms with E-state index < -0.39 is 0 Å². The van der Waals surface area contributed by atoms with Crippen molar-refractivity contribution in [2.75, 3.05) is 45.9 Å². The highest BCUT2D eigenvalue weighted by molar-refractivity contribution is 5.85. The molecule has 0 atom stereocenters. The normalized spacial score (nSPS) is 16.6. The molecule has 7 heteroatoms. The van der Waals surface area contributed by atoms with Gasteiger partial charge in [-0.2, -0.15) is 0 Å². The van der Waals surface area contributed by atoms with Crippen LogP contribution in [0.25, 0.3) is 0 Å². The first-order valence-electron chi connectivity index (χ1n) is 10.1. The molecule has 0 spiro atoms. The second-order valence-corrected chi connectivity index (χ2v) is 7.30. The van der Waals surface area contributed by atoms with E-state index in [1.807, 2.05) is 41.4 Å². The molecule has 3 heterocycles. The quantitative estimate of drug-likeness (QED) is 0.748. The van der Waals surface area contributed by atoms with Crippen LogP contribution in [0, 0.1) is 0 Å². The Balaban J connectivity index is 0.00000240. The van der Waals surface area contributed by atoms with Crippen molar-refractivity contribution in [3.05, 3.63) is 53.9 Å². The maximum absolute atomic E-state index is 12.7. The molecular weight excluding hydrogens is 390 g/mol. The second kappa shape index (κ2) is 10.5. The van der Waals surface area contributed by atoms with E-state index in [9.17, 15) is 4.79 Å². The minimum atomic E-state index is 0. The van der Waals surface area contributed by atoms with Crippen LogP contribution in [0.5, 0.6) is 11.5 Å². The van der Waals surface area contributed by atoms with Gasteiger partial charge >= 0.3 is 0 Å². The Bertz CT molecular complexity index is 795. The molecule has 156 valence electrons. The summed E-state index contributed by atoms with van der Waals surface area (Å²) in [6.45, 7) is 5.72. The van der Waals surface area contributed by atoms with Crippen LogP contribution in [0.15, 0.2) is 42.6 Å². The largest absolute Gasteiger partial charge is 0.490 e. The number of amides is 1. The summed E-state index contributed by atoms with van der Waals surface area (Å²) in [5.41, 5.74) is 2.10. The van der Waals surface area contributed by atoms with Gasteiger partial charge in [0.1, 0.15) is 0 Å². The molecule has 0 N–H and O–H groups in total. The molecule has 0 aliphatic carbocycles. The van der Waals surface area contributed by atoms with Gasteiger partial charge in [0.05, 0.1) is 19.6 Å². The maximum Gasteiger partial charge on any atom is 0.227 e. The Hall–Kier alpha value is -2.31. The third-order valence-corrected chi connectivity index (χ3v) is 5.30. The van der Waals surface area contributed by atoms with Crippen LogP contribution in [0.1, 0.15) is 17.7 Å². The summed E-state index contributed by atoms with van der Waals surface area (Å²) in [5, 5.41) is 0. The molecule has 1 saturated heterocycles. The predicted octanol–water partition coefficient (Wildman–Crippen LogP) is 2.59.